The molecule has 1 aromatic carbocycles. The molecule has 1 atom stereocenters. The number of nitrogens with two attached hydrogens (primary N) is 1. The minimum absolute atomic E-state index is 0.0315. The number of benzene rings is 1. The van der Waals surface area contributed by atoms with Crippen LogP contribution in [-0.4, -0.2) is 78.7 Å². The summed E-state index contributed by atoms with van der Waals surface area (Å²) >= 11 is 6.42. The molecule has 2 aliphatic carbocycles. The Morgan fingerprint density at radius 3 is 2.35 bits per heavy atom. The van der Waals surface area contributed by atoms with Crippen molar-refractivity contribution in [3.8, 4) is 11.3 Å². The first kappa shape index (κ1) is 33.6. The van der Waals surface area contributed by atoms with Crippen molar-refractivity contribution in [1.29, 1.82) is 0 Å². The smallest absolute Gasteiger partial charge is 0.347 e. The highest BCUT2D eigenvalue weighted by Gasteiger charge is 2.59. The van der Waals surface area contributed by atoms with E-state index in [2.05, 4.69) is 26.0 Å². The molecule has 3 aromatic rings. The van der Waals surface area contributed by atoms with Gasteiger partial charge >= 0.3 is 12.2 Å². The third kappa shape index (κ3) is 6.70. The molecule has 12 nitrogen and oxygen atoms in total. The van der Waals surface area contributed by atoms with Gasteiger partial charge in [0.05, 0.1) is 28.0 Å². The predicted octanol–water partition coefficient (Wildman–Crippen LogP) is 4.57. The van der Waals surface area contributed by atoms with E-state index in [1.165, 1.54) is 25.2 Å². The molecular formula is C30H33ClF5N9O3. The van der Waals surface area contributed by atoms with Gasteiger partial charge in [0.2, 0.25) is 0 Å². The van der Waals surface area contributed by atoms with Gasteiger partial charge < -0.3 is 31.2 Å². The molecule has 3 heterocycles. The van der Waals surface area contributed by atoms with E-state index in [9.17, 15) is 36.3 Å². The van der Waals surface area contributed by atoms with Gasteiger partial charge in [0.25, 0.3) is 17.7 Å². The van der Waals surface area contributed by atoms with Crippen LogP contribution in [0.1, 0.15) is 71.7 Å². The topological polar surface area (TPSA) is 152 Å². The summed E-state index contributed by atoms with van der Waals surface area (Å²) in [5, 5.41) is 11.9. The monoisotopic (exact) mass is 697 g/mol. The second kappa shape index (κ2) is 12.0. The molecule has 0 bridgehead atoms. The van der Waals surface area contributed by atoms with Gasteiger partial charge in [-0.3, -0.25) is 14.3 Å². The highest BCUT2D eigenvalue weighted by atomic mass is 35.5. The Morgan fingerprint density at radius 1 is 1.10 bits per heavy atom. The molecule has 1 unspecified atom stereocenters. The number of halogens is 6. The number of carbonyl (C=O) groups excluding carboxylic acids is 3. The van der Waals surface area contributed by atoms with Gasteiger partial charge in [-0.05, 0) is 50.8 Å². The highest BCUT2D eigenvalue weighted by Crippen LogP contribution is 2.53. The highest BCUT2D eigenvalue weighted by molar-refractivity contribution is 6.34. The minimum Gasteiger partial charge on any atom is -0.347 e. The van der Waals surface area contributed by atoms with E-state index in [0.717, 1.165) is 29.8 Å². The first-order valence-corrected chi connectivity index (χ1v) is 15.6. The number of nitrogens with zero attached hydrogens (tertiary/aromatic N) is 5. The Hall–Kier alpha value is -4.25. The van der Waals surface area contributed by atoms with Gasteiger partial charge in [-0.2, -0.15) is 18.3 Å². The first-order chi connectivity index (χ1) is 22.4. The number of aromatic nitrogens is 4. The van der Waals surface area contributed by atoms with Crippen LogP contribution in [0, 0.1) is 0 Å². The number of hydrogen-bond acceptors (Lipinski definition) is 6. The molecule has 6 rings (SSSR count). The Bertz CT molecular complexity index is 1760. The number of imidazole rings is 1. The van der Waals surface area contributed by atoms with Crippen molar-refractivity contribution in [2.24, 2.45) is 12.8 Å². The SMILES string of the molecule is Cn1c(-c2cn(C3CC3(F)F)nc2C(F)(F)F)cnc1C(=O)Nc1ccc(C(=O)NC2(C)CCN(C(=O)N[C@H]3C[C@@H](N)C3)CC2)c(Cl)c1. The van der Waals surface area contributed by atoms with Crippen molar-refractivity contribution in [1.82, 2.24) is 34.9 Å². The number of carbonyl (C=O) groups is 3. The number of likely N-dealkylation sites (tertiary alicyclic amines) is 1. The standard InChI is InChI=1S/C30H33ClF5N9O3/c1-28(5-7-44(8-6-28)27(48)40-17-9-15(37)10-17)41-25(46)18-4-3-16(11-20(18)31)39-26(47)24-38-13-21(43(24)2)19-14-45(22-12-29(22,32)33)42-23(19)30(34,35)36/h3-4,11,13-15,17,22H,5-10,12,37H2,1-2H3,(H,39,47)(H,40,48)(H,41,46)/t15-,17+,22?. The van der Waals surface area contributed by atoms with Crippen LogP contribution in [0.4, 0.5) is 32.4 Å². The molecule has 5 N–H and O–H groups in total. The van der Waals surface area contributed by atoms with E-state index < -0.39 is 53.2 Å². The summed E-state index contributed by atoms with van der Waals surface area (Å²) in [6.07, 6.45) is -1.11. The van der Waals surface area contributed by atoms with Crippen molar-refractivity contribution in [3.63, 3.8) is 0 Å². The van der Waals surface area contributed by atoms with Crippen LogP contribution in [0.15, 0.2) is 30.6 Å². The number of nitrogens with one attached hydrogen (secondary N) is 3. The van der Waals surface area contributed by atoms with E-state index in [1.807, 2.05) is 6.92 Å². The lowest BCUT2D eigenvalue weighted by atomic mass is 9.87. The Labute approximate surface area is 276 Å². The summed E-state index contributed by atoms with van der Waals surface area (Å²) < 4.78 is 70.1. The average molecular weight is 698 g/mol. The number of hydrogen-bond donors (Lipinski definition) is 4. The van der Waals surface area contributed by atoms with Gasteiger partial charge in [-0.15, -0.1) is 0 Å². The van der Waals surface area contributed by atoms with Crippen molar-refractivity contribution < 1.29 is 36.3 Å². The fourth-order valence-electron chi connectivity index (χ4n) is 5.98. The molecule has 18 heteroatoms. The van der Waals surface area contributed by atoms with Gasteiger partial charge in [0.15, 0.2) is 11.5 Å². The summed E-state index contributed by atoms with van der Waals surface area (Å²) in [7, 11) is 1.31. The maximum atomic E-state index is 13.8. The van der Waals surface area contributed by atoms with Gasteiger partial charge in [-0.1, -0.05) is 11.6 Å². The third-order valence-electron chi connectivity index (χ3n) is 9.12. The summed E-state index contributed by atoms with van der Waals surface area (Å²) in [6.45, 7) is 2.79. The molecule has 0 radical (unpaired) electrons. The van der Waals surface area contributed by atoms with Crippen molar-refractivity contribution in [2.45, 2.75) is 74.8 Å². The summed E-state index contributed by atoms with van der Waals surface area (Å²) in [5.74, 6) is -4.67. The zero-order valence-electron chi connectivity index (χ0n) is 25.9. The third-order valence-corrected chi connectivity index (χ3v) is 9.44. The van der Waals surface area contributed by atoms with E-state index in [0.29, 0.717) is 30.6 Å². The van der Waals surface area contributed by atoms with E-state index in [-0.39, 0.29) is 45.9 Å². The van der Waals surface area contributed by atoms with Crippen molar-refractivity contribution in [3.05, 3.63) is 52.7 Å². The second-order valence-electron chi connectivity index (χ2n) is 12.9. The molecular weight excluding hydrogens is 665 g/mol. The molecule has 1 aliphatic heterocycles. The van der Waals surface area contributed by atoms with E-state index >= 15 is 0 Å². The Balaban J connectivity index is 1.09. The normalized spacial score (nSPS) is 22.9. The lowest BCUT2D eigenvalue weighted by Crippen LogP contribution is -2.58. The average Bonchev–Trinajstić information content (AvgIpc) is 3.28. The minimum atomic E-state index is -4.95. The lowest BCUT2D eigenvalue weighted by molar-refractivity contribution is -0.141. The van der Waals surface area contributed by atoms with Gasteiger partial charge in [0, 0.05) is 56.1 Å². The molecule has 48 heavy (non-hydrogen) atoms. The number of rotatable bonds is 7. The molecule has 0 spiro atoms. The molecule has 258 valence electrons. The van der Waals surface area contributed by atoms with Crippen LogP contribution in [0.3, 0.4) is 0 Å². The predicted molar refractivity (Wildman–Crippen MR) is 164 cm³/mol. The zero-order chi connectivity index (χ0) is 34.8. The van der Waals surface area contributed by atoms with E-state index in [4.69, 9.17) is 17.3 Å². The fourth-order valence-corrected chi connectivity index (χ4v) is 6.25. The molecule has 2 saturated carbocycles. The molecule has 2 aromatic heterocycles. The maximum absolute atomic E-state index is 13.8. The number of alkyl halides is 5. The van der Waals surface area contributed by atoms with Crippen LogP contribution in [-0.2, 0) is 13.2 Å². The summed E-state index contributed by atoms with van der Waals surface area (Å²) in [6, 6.07) is 2.79. The number of urea groups is 1. The van der Waals surface area contributed by atoms with Crippen molar-refractivity contribution in [2.75, 3.05) is 18.4 Å². The largest absolute Gasteiger partial charge is 0.435 e. The van der Waals surface area contributed by atoms with Crippen LogP contribution in [0.5, 0.6) is 0 Å². The van der Waals surface area contributed by atoms with Gasteiger partial charge in [0.1, 0.15) is 6.04 Å². The molecule has 4 amide bonds. The van der Waals surface area contributed by atoms with Crippen LogP contribution >= 0.6 is 11.6 Å². The van der Waals surface area contributed by atoms with Crippen LogP contribution < -0.4 is 21.7 Å². The zero-order valence-corrected chi connectivity index (χ0v) is 26.6. The molecule has 3 aliphatic rings. The number of anilines is 1. The summed E-state index contributed by atoms with van der Waals surface area (Å²) in [4.78, 5) is 44.5. The Kier molecular flexibility index (Phi) is 8.42. The Morgan fingerprint density at radius 2 is 1.77 bits per heavy atom. The molecule has 3 fully saturated rings. The second-order valence-corrected chi connectivity index (χ2v) is 13.3. The fraction of sp³-hybridized carbons (Fsp3) is 0.500. The van der Waals surface area contributed by atoms with Crippen LogP contribution in [0.2, 0.25) is 5.02 Å². The summed E-state index contributed by atoms with van der Waals surface area (Å²) in [5.41, 5.74) is 3.49. The van der Waals surface area contributed by atoms with Crippen molar-refractivity contribution >= 4 is 35.1 Å². The number of amides is 4. The van der Waals surface area contributed by atoms with Gasteiger partial charge in [-0.25, -0.2) is 18.6 Å². The van der Waals surface area contributed by atoms with E-state index in [1.54, 1.807) is 4.90 Å². The van der Waals surface area contributed by atoms with Crippen LogP contribution in [0.25, 0.3) is 11.3 Å². The quantitative estimate of drug-likeness (QED) is 0.266. The number of piperidine rings is 1. The maximum Gasteiger partial charge on any atom is 0.435 e. The molecule has 1 saturated heterocycles. The lowest BCUT2D eigenvalue weighted by Gasteiger charge is -2.41. The first-order valence-electron chi connectivity index (χ1n) is 15.2.